The molecule has 0 bridgehead atoms. The quantitative estimate of drug-likeness (QED) is 0.438. The molecule has 0 aromatic heterocycles. The third-order valence-electron chi connectivity index (χ3n) is 5.19. The lowest BCUT2D eigenvalue weighted by Crippen LogP contribution is -2.49. The number of halogens is 1. The van der Waals surface area contributed by atoms with Gasteiger partial charge in [0.15, 0.2) is 0 Å². The van der Waals surface area contributed by atoms with E-state index in [1.807, 2.05) is 60.7 Å². The topological polar surface area (TPSA) is 66.9 Å². The monoisotopic (exact) mass is 486 g/mol. The molecular weight excluding hydrogens is 460 g/mol. The number of nitrogens with zero attached hydrogens (tertiary/aromatic N) is 2. The number of carbonyl (C=O) groups excluding carboxylic acids is 1. The van der Waals surface area contributed by atoms with Crippen LogP contribution in [0.3, 0.4) is 0 Å². The van der Waals surface area contributed by atoms with E-state index in [-0.39, 0.29) is 11.6 Å². The van der Waals surface area contributed by atoms with Crippen molar-refractivity contribution in [3.05, 3.63) is 95.0 Å². The molecule has 0 aliphatic rings. The van der Waals surface area contributed by atoms with Crippen LogP contribution in [-0.4, -0.2) is 38.6 Å². The number of carbonyl (C=O) groups is 1. The average molecular weight is 487 g/mol. The van der Waals surface area contributed by atoms with Crippen LogP contribution in [0, 0.1) is 0 Å². The molecule has 33 heavy (non-hydrogen) atoms. The van der Waals surface area contributed by atoms with Gasteiger partial charge in [0.05, 0.1) is 19.1 Å². The molecular formula is C25H27ClN2O4S. The highest BCUT2D eigenvalue weighted by Gasteiger charge is 2.34. The van der Waals surface area contributed by atoms with Crippen molar-refractivity contribution in [3.63, 3.8) is 0 Å². The molecule has 0 N–H and O–H groups in total. The number of hydrogen-bond acceptors (Lipinski definition) is 4. The van der Waals surface area contributed by atoms with Crippen LogP contribution in [0.5, 0.6) is 5.75 Å². The molecule has 6 nitrogen and oxygen atoms in total. The molecule has 0 aliphatic carbocycles. The van der Waals surface area contributed by atoms with E-state index in [1.54, 1.807) is 24.0 Å². The first-order chi connectivity index (χ1) is 15.7. The Bertz CT molecular complexity index is 1150. The van der Waals surface area contributed by atoms with Crippen molar-refractivity contribution >= 4 is 33.2 Å². The van der Waals surface area contributed by atoms with Crippen molar-refractivity contribution in [2.75, 3.05) is 17.7 Å². The highest BCUT2D eigenvalue weighted by molar-refractivity contribution is 7.92. The zero-order valence-electron chi connectivity index (χ0n) is 18.8. The Kier molecular flexibility index (Phi) is 8.00. The van der Waals surface area contributed by atoms with Crippen molar-refractivity contribution in [2.24, 2.45) is 0 Å². The van der Waals surface area contributed by atoms with E-state index in [0.29, 0.717) is 23.9 Å². The average Bonchev–Trinajstić information content (AvgIpc) is 2.79. The highest BCUT2D eigenvalue weighted by Crippen LogP contribution is 2.34. The summed E-state index contributed by atoms with van der Waals surface area (Å²) in [6.07, 6.45) is 1.07. The number of hydrogen-bond donors (Lipinski definition) is 0. The zero-order chi connectivity index (χ0) is 24.0. The van der Waals surface area contributed by atoms with E-state index in [2.05, 4.69) is 0 Å². The summed E-state index contributed by atoms with van der Waals surface area (Å²) in [7, 11) is -2.40. The van der Waals surface area contributed by atoms with Gasteiger partial charge in [-0.25, -0.2) is 8.42 Å². The lowest BCUT2D eigenvalue weighted by molar-refractivity contribution is -0.133. The summed E-state index contributed by atoms with van der Waals surface area (Å²) in [5.74, 6) is -0.0303. The largest absolute Gasteiger partial charge is 0.495 e. The van der Waals surface area contributed by atoms with Gasteiger partial charge in [-0.05, 0) is 36.2 Å². The Morgan fingerprint density at radius 1 is 0.939 bits per heavy atom. The predicted octanol–water partition coefficient (Wildman–Crippen LogP) is 4.73. The Labute approximate surface area is 200 Å². The standard InChI is InChI=1S/C25H27ClN2O4S/c1-19(28(33(3,30)31)23-16-22(26)14-15-24(23)32-2)25(29)27(17-20-10-6-4-7-11-20)18-21-12-8-5-9-13-21/h4-16,19H,17-18H2,1-3H3/t19-/m1/s1. The van der Waals surface area contributed by atoms with Gasteiger partial charge in [0, 0.05) is 18.1 Å². The Morgan fingerprint density at radius 2 is 1.45 bits per heavy atom. The summed E-state index contributed by atoms with van der Waals surface area (Å²) in [4.78, 5) is 15.4. The molecule has 0 saturated carbocycles. The number of rotatable bonds is 9. The molecule has 0 fully saturated rings. The van der Waals surface area contributed by atoms with Crippen LogP contribution in [-0.2, 0) is 27.9 Å². The van der Waals surface area contributed by atoms with Crippen LogP contribution in [0.4, 0.5) is 5.69 Å². The summed E-state index contributed by atoms with van der Waals surface area (Å²) in [6.45, 7) is 2.25. The zero-order valence-corrected chi connectivity index (χ0v) is 20.4. The number of methoxy groups -OCH3 is 1. The van der Waals surface area contributed by atoms with Crippen LogP contribution in [0.1, 0.15) is 18.1 Å². The van der Waals surface area contributed by atoms with Gasteiger partial charge >= 0.3 is 0 Å². The molecule has 0 aliphatic heterocycles. The number of sulfonamides is 1. The highest BCUT2D eigenvalue weighted by atomic mass is 35.5. The lowest BCUT2D eigenvalue weighted by atomic mass is 10.1. The summed E-state index contributed by atoms with van der Waals surface area (Å²) in [6, 6.07) is 22.8. The van der Waals surface area contributed by atoms with Crippen LogP contribution >= 0.6 is 11.6 Å². The van der Waals surface area contributed by atoms with E-state index in [0.717, 1.165) is 21.7 Å². The van der Waals surface area contributed by atoms with E-state index in [4.69, 9.17) is 16.3 Å². The predicted molar refractivity (Wildman–Crippen MR) is 132 cm³/mol. The molecule has 0 unspecified atom stereocenters. The molecule has 3 rings (SSSR count). The molecule has 174 valence electrons. The van der Waals surface area contributed by atoms with E-state index in [9.17, 15) is 13.2 Å². The van der Waals surface area contributed by atoms with Gasteiger partial charge in [0.2, 0.25) is 15.9 Å². The Balaban J connectivity index is 2.01. The maximum absolute atomic E-state index is 13.7. The van der Waals surface area contributed by atoms with E-state index >= 15 is 0 Å². The fourth-order valence-corrected chi connectivity index (χ4v) is 5.02. The first kappa shape index (κ1) is 24.6. The molecule has 0 heterocycles. The van der Waals surface area contributed by atoms with Crippen LogP contribution in [0.25, 0.3) is 0 Å². The normalized spacial score (nSPS) is 12.1. The van der Waals surface area contributed by atoms with Crippen molar-refractivity contribution in [1.29, 1.82) is 0 Å². The van der Waals surface area contributed by atoms with Crippen molar-refractivity contribution in [3.8, 4) is 5.75 Å². The maximum Gasteiger partial charge on any atom is 0.246 e. The minimum atomic E-state index is -3.84. The first-order valence-corrected chi connectivity index (χ1v) is 12.6. The van der Waals surface area contributed by atoms with Gasteiger partial charge in [-0.15, -0.1) is 0 Å². The van der Waals surface area contributed by atoms with E-state index < -0.39 is 16.1 Å². The third-order valence-corrected chi connectivity index (χ3v) is 6.65. The summed E-state index contributed by atoms with van der Waals surface area (Å²) >= 11 is 6.16. The number of ether oxygens (including phenoxy) is 1. The van der Waals surface area contributed by atoms with Crippen LogP contribution < -0.4 is 9.04 Å². The molecule has 0 spiro atoms. The second-order valence-corrected chi connectivity index (χ2v) is 10.0. The van der Waals surface area contributed by atoms with Crippen LogP contribution in [0.15, 0.2) is 78.9 Å². The number of amides is 1. The molecule has 3 aromatic carbocycles. The fourth-order valence-electron chi connectivity index (χ4n) is 3.69. The molecule has 1 atom stereocenters. The minimum Gasteiger partial charge on any atom is -0.495 e. The molecule has 3 aromatic rings. The maximum atomic E-state index is 13.7. The lowest BCUT2D eigenvalue weighted by Gasteiger charge is -2.33. The first-order valence-electron chi connectivity index (χ1n) is 10.4. The summed E-state index contributed by atoms with van der Waals surface area (Å²) in [5.41, 5.74) is 2.10. The van der Waals surface area contributed by atoms with Crippen molar-refractivity contribution in [1.82, 2.24) is 4.90 Å². The fraction of sp³-hybridized carbons (Fsp3) is 0.240. The van der Waals surface area contributed by atoms with Crippen LogP contribution in [0.2, 0.25) is 5.02 Å². The van der Waals surface area contributed by atoms with Gasteiger partial charge in [0.1, 0.15) is 11.8 Å². The Hall–Kier alpha value is -3.03. The molecule has 0 saturated heterocycles. The number of anilines is 1. The third kappa shape index (κ3) is 6.27. The van der Waals surface area contributed by atoms with Gasteiger partial charge in [-0.1, -0.05) is 72.3 Å². The molecule has 1 amide bonds. The SMILES string of the molecule is COc1ccc(Cl)cc1N([C@H](C)C(=O)N(Cc1ccccc1)Cc1ccccc1)S(C)(=O)=O. The molecule has 0 radical (unpaired) electrons. The van der Waals surface area contributed by atoms with Crippen molar-refractivity contribution < 1.29 is 17.9 Å². The van der Waals surface area contributed by atoms with Gasteiger partial charge in [-0.3, -0.25) is 9.10 Å². The summed E-state index contributed by atoms with van der Waals surface area (Å²) < 4.78 is 32.1. The Morgan fingerprint density at radius 3 is 1.91 bits per heavy atom. The second-order valence-electron chi connectivity index (χ2n) is 7.72. The number of benzene rings is 3. The van der Waals surface area contributed by atoms with Gasteiger partial charge in [0.25, 0.3) is 0 Å². The van der Waals surface area contributed by atoms with Gasteiger partial charge in [-0.2, -0.15) is 0 Å². The second kappa shape index (κ2) is 10.7. The van der Waals surface area contributed by atoms with Gasteiger partial charge < -0.3 is 9.64 Å². The minimum absolute atomic E-state index is 0.215. The smallest absolute Gasteiger partial charge is 0.246 e. The summed E-state index contributed by atoms with van der Waals surface area (Å²) in [5, 5.41) is 0.338. The van der Waals surface area contributed by atoms with Crippen molar-refractivity contribution in [2.45, 2.75) is 26.1 Å². The molecule has 8 heteroatoms. The van der Waals surface area contributed by atoms with E-state index in [1.165, 1.54) is 13.2 Å².